The van der Waals surface area contributed by atoms with E-state index in [1.807, 2.05) is 44.5 Å². The second-order valence-corrected chi connectivity index (χ2v) is 20.9. The molecule has 1 aromatic rings. The van der Waals surface area contributed by atoms with Gasteiger partial charge in [0.25, 0.3) is 5.60 Å². The third-order valence-electron chi connectivity index (χ3n) is 15.7. The van der Waals surface area contributed by atoms with E-state index in [4.69, 9.17) is 15.2 Å². The van der Waals surface area contributed by atoms with Crippen molar-refractivity contribution in [3.63, 3.8) is 0 Å². The number of allylic oxidation sites excluding steroid dienone is 7. The van der Waals surface area contributed by atoms with Crippen LogP contribution in [0.4, 0.5) is 0 Å². The number of nitrogens with two attached hydrogens (primary N) is 1. The first-order chi connectivity index (χ1) is 31.3. The molecule has 12 heteroatoms. The summed E-state index contributed by atoms with van der Waals surface area (Å²) in [6, 6.07) is 5.57. The average molecular weight is 891 g/mol. The molecule has 3 heterocycles. The van der Waals surface area contributed by atoms with Gasteiger partial charge in [0, 0.05) is 42.3 Å². The molecule has 7 atom stereocenters. The van der Waals surface area contributed by atoms with E-state index in [0.29, 0.717) is 55.4 Å². The van der Waals surface area contributed by atoms with Gasteiger partial charge in [-0.15, -0.1) is 0 Å². The molecule has 3 fully saturated rings. The summed E-state index contributed by atoms with van der Waals surface area (Å²) in [5, 5.41) is 28.1. The van der Waals surface area contributed by atoms with Crippen LogP contribution in [0.2, 0.25) is 0 Å². The van der Waals surface area contributed by atoms with Crippen LogP contribution in [0.5, 0.6) is 0 Å². The maximum Gasteiger partial charge on any atom is 0.350 e. The molecule has 8 rings (SSSR count). The summed E-state index contributed by atoms with van der Waals surface area (Å²) < 4.78 is 12.9. The van der Waals surface area contributed by atoms with Gasteiger partial charge in [-0.3, -0.25) is 9.59 Å². The Morgan fingerprint density at radius 3 is 2.63 bits per heavy atom. The Morgan fingerprint density at radius 1 is 1.08 bits per heavy atom. The Balaban J connectivity index is 1.13. The molecule has 7 aliphatic rings. The second kappa shape index (κ2) is 19.5. The molecule has 352 valence electrons. The number of nitrogens with one attached hydrogen (secondary N) is 5. The van der Waals surface area contributed by atoms with Crippen LogP contribution in [0, 0.1) is 28.6 Å². The van der Waals surface area contributed by atoms with Crippen molar-refractivity contribution < 1.29 is 29.0 Å². The Morgan fingerprint density at radius 2 is 1.89 bits per heavy atom. The molecule has 4 aliphatic carbocycles. The zero-order valence-corrected chi connectivity index (χ0v) is 39.5. The van der Waals surface area contributed by atoms with Crippen molar-refractivity contribution in [3.05, 3.63) is 106 Å². The lowest BCUT2D eigenvalue weighted by atomic mass is 9.64. The van der Waals surface area contributed by atoms with Crippen LogP contribution in [0.1, 0.15) is 131 Å². The summed E-state index contributed by atoms with van der Waals surface area (Å²) in [5.74, 6) is 0.288. The number of aliphatic hydroxyl groups excluding tert-OH is 1. The second-order valence-electron chi connectivity index (χ2n) is 20.9. The molecular formula is C53H74N6O6. The summed E-state index contributed by atoms with van der Waals surface area (Å²) in [6.07, 6.45) is 25.9. The molecule has 2 saturated carbocycles. The fourth-order valence-electron chi connectivity index (χ4n) is 12.4. The Bertz CT molecular complexity index is 2180. The Kier molecular flexibility index (Phi) is 14.1. The summed E-state index contributed by atoms with van der Waals surface area (Å²) >= 11 is 0. The maximum atomic E-state index is 15.5. The van der Waals surface area contributed by atoms with Gasteiger partial charge >= 0.3 is 5.97 Å². The summed E-state index contributed by atoms with van der Waals surface area (Å²) in [4.78, 5) is 45.8. The zero-order valence-electron chi connectivity index (χ0n) is 39.5. The molecule has 8 N–H and O–H groups in total. The Labute approximate surface area is 386 Å². The molecule has 3 aliphatic heterocycles. The average Bonchev–Trinajstić information content (AvgIpc) is 4.01. The largest absolute Gasteiger partial charge is 0.463 e. The third-order valence-corrected chi connectivity index (χ3v) is 15.7. The van der Waals surface area contributed by atoms with Gasteiger partial charge in [0.05, 0.1) is 26.0 Å². The van der Waals surface area contributed by atoms with E-state index < -0.39 is 28.7 Å². The number of dihydropyridines is 2. The van der Waals surface area contributed by atoms with Crippen molar-refractivity contribution in [1.82, 2.24) is 26.6 Å². The molecule has 0 radical (unpaired) electrons. The molecule has 0 amide bonds. The molecule has 65 heavy (non-hydrogen) atoms. The van der Waals surface area contributed by atoms with Gasteiger partial charge < -0.3 is 46.9 Å². The Hall–Kier alpha value is -4.33. The summed E-state index contributed by atoms with van der Waals surface area (Å²) in [7, 11) is 1.91. The number of ether oxygens (including phenoxy) is 2. The molecule has 0 aromatic heterocycles. The third kappa shape index (κ3) is 9.35. The van der Waals surface area contributed by atoms with Gasteiger partial charge in [0.1, 0.15) is 5.82 Å². The predicted molar refractivity (Wildman–Crippen MR) is 254 cm³/mol. The number of aliphatic hydroxyl groups is 1. The molecule has 0 spiro atoms. The van der Waals surface area contributed by atoms with Crippen LogP contribution in [0.25, 0.3) is 0 Å². The minimum absolute atomic E-state index is 0.0514. The van der Waals surface area contributed by atoms with Crippen molar-refractivity contribution >= 4 is 17.5 Å². The van der Waals surface area contributed by atoms with Gasteiger partial charge in [-0.05, 0) is 135 Å². The van der Waals surface area contributed by atoms with Crippen LogP contribution in [0.3, 0.4) is 0 Å². The number of carbonyl (C=O) groups excluding carboxylic acids is 3. The smallest absolute Gasteiger partial charge is 0.350 e. The molecule has 1 saturated heterocycles. The van der Waals surface area contributed by atoms with Crippen molar-refractivity contribution in [3.8, 4) is 0 Å². The van der Waals surface area contributed by atoms with E-state index in [2.05, 4.69) is 71.7 Å². The number of benzene rings is 1. The fourth-order valence-corrected chi connectivity index (χ4v) is 12.4. The summed E-state index contributed by atoms with van der Waals surface area (Å²) in [6.45, 7) is 10.3. The SMILES string of the molecule is CCNC1CC2C=CCCC2CC1COC(=O)C12OC1(CC(CO)=C(C)CC1(C3=CCNC(NCNC)=C3)CCCCC1)C(=O)c1cccc(CC(C)(C)CC3=CNC(N)C=C3)c1C2=O. The van der Waals surface area contributed by atoms with E-state index in [-0.39, 0.29) is 59.7 Å². The number of carbonyl (C=O) groups is 3. The predicted octanol–water partition coefficient (Wildman–Crippen LogP) is 6.55. The van der Waals surface area contributed by atoms with Crippen LogP contribution in [-0.2, 0) is 20.7 Å². The van der Waals surface area contributed by atoms with Gasteiger partial charge in [-0.25, -0.2) is 4.79 Å². The summed E-state index contributed by atoms with van der Waals surface area (Å²) in [5.41, 5.74) is 6.63. The standard InChI is InChI=1S/C53H74N6O6/c1-6-56-43-24-37-14-9-8-13-36(37)23-39(43)32-64-49(63)53-48(62)46-38(28-50(3,4)27-35-17-18-44(54)58-30-35)15-12-16-42(46)47(61)52(53,65-53)29-40(31-60)34(2)26-51(20-10-7-11-21-51)41-19-22-57-45(25-41)59-33-55-5/h9,12,14-19,25,30,36-37,39,43-44,55-60H,6-8,10-11,13,20-24,26-29,31-33,54H2,1-5H3. The van der Waals surface area contributed by atoms with E-state index >= 15 is 14.4 Å². The number of esters is 1. The number of hydrogen-bond donors (Lipinski definition) is 7. The van der Waals surface area contributed by atoms with Crippen molar-refractivity contribution in [2.75, 3.05) is 40.0 Å². The maximum absolute atomic E-state index is 15.5. The molecule has 12 nitrogen and oxygen atoms in total. The number of ketones is 2. The van der Waals surface area contributed by atoms with E-state index in [1.54, 1.807) is 6.07 Å². The van der Waals surface area contributed by atoms with Gasteiger partial charge in [0.2, 0.25) is 5.78 Å². The van der Waals surface area contributed by atoms with Crippen LogP contribution < -0.4 is 32.3 Å². The molecule has 7 unspecified atom stereocenters. The van der Waals surface area contributed by atoms with E-state index in [0.717, 1.165) is 74.9 Å². The lowest BCUT2D eigenvalue weighted by molar-refractivity contribution is -0.150. The first-order valence-electron chi connectivity index (χ1n) is 24.5. The number of Topliss-reactive ketones (excluding diaryl/α,β-unsaturated/α-hetero) is 2. The van der Waals surface area contributed by atoms with Crippen molar-refractivity contribution in [2.24, 2.45) is 34.3 Å². The number of epoxide rings is 1. The lowest BCUT2D eigenvalue weighted by Gasteiger charge is -2.42. The van der Waals surface area contributed by atoms with Crippen molar-refractivity contribution in [1.29, 1.82) is 0 Å². The quantitative estimate of drug-likeness (QED) is 0.0279. The number of hydrogen-bond acceptors (Lipinski definition) is 12. The monoisotopic (exact) mass is 891 g/mol. The van der Waals surface area contributed by atoms with Crippen LogP contribution in [0.15, 0.2) is 89.0 Å². The number of fused-ring (bicyclic) bond motifs is 3. The highest BCUT2D eigenvalue weighted by Crippen LogP contribution is 2.61. The fraction of sp³-hybridized carbons (Fsp3) is 0.604. The minimum Gasteiger partial charge on any atom is -0.463 e. The van der Waals surface area contributed by atoms with Crippen LogP contribution >= 0.6 is 0 Å². The lowest BCUT2D eigenvalue weighted by Crippen LogP contribution is -2.52. The number of rotatable bonds is 18. The van der Waals surface area contributed by atoms with Gasteiger partial charge in [0.15, 0.2) is 11.4 Å². The van der Waals surface area contributed by atoms with Gasteiger partial charge in [-0.1, -0.05) is 88.1 Å². The minimum atomic E-state index is -2.16. The van der Waals surface area contributed by atoms with E-state index in [1.165, 1.54) is 12.0 Å². The highest BCUT2D eigenvalue weighted by Gasteiger charge is 2.86. The van der Waals surface area contributed by atoms with Crippen molar-refractivity contribution in [2.45, 2.75) is 135 Å². The first-order valence-corrected chi connectivity index (χ1v) is 24.5. The van der Waals surface area contributed by atoms with E-state index in [9.17, 15) is 5.11 Å². The van der Waals surface area contributed by atoms with Gasteiger partial charge in [-0.2, -0.15) is 0 Å². The zero-order chi connectivity index (χ0) is 46.0. The molecular weight excluding hydrogens is 817 g/mol. The highest BCUT2D eigenvalue weighted by molar-refractivity contribution is 6.33. The first kappa shape index (κ1) is 47.2. The van der Waals surface area contributed by atoms with Crippen LogP contribution in [-0.4, -0.2) is 86.1 Å². The normalized spacial score (nSPS) is 30.6. The highest BCUT2D eigenvalue weighted by atomic mass is 16.7. The molecule has 0 bridgehead atoms. The molecule has 1 aromatic carbocycles. The topological polar surface area (TPSA) is 179 Å².